The van der Waals surface area contributed by atoms with Crippen LogP contribution in [0.5, 0.6) is 11.5 Å². The Kier molecular flexibility index (Phi) is 8.11. The van der Waals surface area contributed by atoms with E-state index in [1.165, 1.54) is 18.2 Å². The number of phenolic OH excluding ortho intramolecular Hbond substituents is 1. The number of carbonyl (C=O) groups is 1. The van der Waals surface area contributed by atoms with Crippen LogP contribution < -0.4 is 20.1 Å². The van der Waals surface area contributed by atoms with Gasteiger partial charge in [0.25, 0.3) is 0 Å². The smallest absolute Gasteiger partial charge is 0.246 e. The van der Waals surface area contributed by atoms with Crippen LogP contribution in [0.3, 0.4) is 0 Å². The fourth-order valence-corrected chi connectivity index (χ4v) is 3.85. The number of sulfonamides is 1. The number of para-hydroxylation sites is 1. The molecule has 1 unspecified atom stereocenters. The molecule has 3 aromatic carbocycles. The number of carbonyl (C=O) groups excluding carboxylic acids is 1. The number of benzene rings is 3. The Labute approximate surface area is 198 Å². The monoisotopic (exact) mass is 485 g/mol. The van der Waals surface area contributed by atoms with E-state index in [4.69, 9.17) is 4.74 Å². The molecule has 5 N–H and O–H groups in total. The molecule has 0 aromatic heterocycles. The van der Waals surface area contributed by atoms with E-state index in [-0.39, 0.29) is 23.9 Å². The molecule has 3 aromatic rings. The molecule has 0 fully saturated rings. The Morgan fingerprint density at radius 3 is 2.26 bits per heavy atom. The van der Waals surface area contributed by atoms with Crippen molar-refractivity contribution >= 4 is 27.3 Å². The molecule has 180 valence electrons. The molecule has 0 aliphatic heterocycles. The number of aliphatic hydroxyl groups excluding tert-OH is 1. The lowest BCUT2D eigenvalue weighted by Gasteiger charge is -2.22. The molecule has 0 bridgehead atoms. The molecule has 0 spiro atoms. The third-order valence-electron chi connectivity index (χ3n) is 4.97. The number of rotatable bonds is 10. The molecule has 3 rings (SSSR count). The number of aliphatic hydroxyl groups is 1. The van der Waals surface area contributed by atoms with Gasteiger partial charge in [0.05, 0.1) is 25.2 Å². The molecule has 34 heavy (non-hydrogen) atoms. The molecule has 1 amide bonds. The molecule has 0 saturated heterocycles. The van der Waals surface area contributed by atoms with Gasteiger partial charge in [-0.15, -0.1) is 0 Å². The van der Waals surface area contributed by atoms with Gasteiger partial charge < -0.3 is 20.3 Å². The normalized spacial score (nSPS) is 13.0. The first-order chi connectivity index (χ1) is 16.2. The summed E-state index contributed by atoms with van der Waals surface area (Å²) in [5, 5.41) is 26.5. The van der Waals surface area contributed by atoms with Crippen LogP contribution in [0.25, 0.3) is 0 Å². The van der Waals surface area contributed by atoms with Crippen molar-refractivity contribution in [3.63, 3.8) is 0 Å². The van der Waals surface area contributed by atoms with Crippen LogP contribution in [-0.4, -0.2) is 44.4 Å². The highest BCUT2D eigenvalue weighted by atomic mass is 32.2. The minimum Gasteiger partial charge on any atom is -0.506 e. The molecular weight excluding hydrogens is 458 g/mol. The summed E-state index contributed by atoms with van der Waals surface area (Å²) in [6.07, 6.45) is -0.131. The molecule has 0 aliphatic rings. The maximum atomic E-state index is 13.1. The van der Waals surface area contributed by atoms with Crippen LogP contribution in [-0.2, 0) is 14.8 Å². The third kappa shape index (κ3) is 6.95. The van der Waals surface area contributed by atoms with Crippen molar-refractivity contribution in [3.8, 4) is 11.5 Å². The zero-order valence-corrected chi connectivity index (χ0v) is 19.5. The Morgan fingerprint density at radius 1 is 1.00 bits per heavy atom. The standard InChI is InChI=1S/C24H27N3O6S/c1-33-19-11-8-16(9-12-19)23(24(30)26-18-6-4-3-5-7-18)25-15-22(29)17-10-13-21(28)20(14-17)27-34(2,31)32/h3-14,22-23,25,27-29H,15H2,1-2H3,(H,26,30)/t22?,23-/m1/s1. The number of phenols is 1. The maximum absolute atomic E-state index is 13.1. The Bertz CT molecular complexity index is 1220. The topological polar surface area (TPSA) is 137 Å². The van der Waals surface area contributed by atoms with Crippen molar-refractivity contribution in [1.29, 1.82) is 0 Å². The van der Waals surface area contributed by atoms with Gasteiger partial charge in [0.1, 0.15) is 17.5 Å². The van der Waals surface area contributed by atoms with Gasteiger partial charge in [0, 0.05) is 12.2 Å². The maximum Gasteiger partial charge on any atom is 0.246 e. The highest BCUT2D eigenvalue weighted by Crippen LogP contribution is 2.28. The van der Waals surface area contributed by atoms with Crippen molar-refractivity contribution in [3.05, 3.63) is 83.9 Å². The number of aromatic hydroxyl groups is 1. The average molecular weight is 486 g/mol. The van der Waals surface area contributed by atoms with Crippen LogP contribution in [0.2, 0.25) is 0 Å². The lowest BCUT2D eigenvalue weighted by molar-refractivity contribution is -0.118. The highest BCUT2D eigenvalue weighted by molar-refractivity contribution is 7.92. The summed E-state index contributed by atoms with van der Waals surface area (Å²) in [7, 11) is -2.07. The molecule has 10 heteroatoms. The van der Waals surface area contributed by atoms with Gasteiger partial charge in [0.2, 0.25) is 15.9 Å². The first kappa shape index (κ1) is 25.0. The van der Waals surface area contributed by atoms with Crippen molar-refractivity contribution in [2.45, 2.75) is 12.1 Å². The van der Waals surface area contributed by atoms with Crippen LogP contribution in [0.1, 0.15) is 23.3 Å². The summed E-state index contributed by atoms with van der Waals surface area (Å²) < 4.78 is 30.4. The molecule has 0 saturated carbocycles. The fraction of sp³-hybridized carbons (Fsp3) is 0.208. The zero-order chi connectivity index (χ0) is 24.7. The summed E-state index contributed by atoms with van der Waals surface area (Å²) in [6.45, 7) is -0.0258. The van der Waals surface area contributed by atoms with Crippen molar-refractivity contribution in [2.75, 3.05) is 29.9 Å². The fourth-order valence-electron chi connectivity index (χ4n) is 3.28. The van der Waals surface area contributed by atoms with Gasteiger partial charge in [-0.25, -0.2) is 8.42 Å². The van der Waals surface area contributed by atoms with Crippen molar-refractivity contribution < 1.29 is 28.2 Å². The van der Waals surface area contributed by atoms with Crippen LogP contribution >= 0.6 is 0 Å². The SMILES string of the molecule is COc1ccc([C@@H](NCC(O)c2ccc(O)c(NS(C)(=O)=O)c2)C(=O)Nc2ccccc2)cc1. The minimum absolute atomic E-state index is 0.0258. The second-order valence-corrected chi connectivity index (χ2v) is 9.38. The predicted octanol–water partition coefficient (Wildman–Crippen LogP) is 2.78. The lowest BCUT2D eigenvalue weighted by Crippen LogP contribution is -2.35. The highest BCUT2D eigenvalue weighted by Gasteiger charge is 2.22. The first-order valence-corrected chi connectivity index (χ1v) is 12.3. The van der Waals surface area contributed by atoms with Gasteiger partial charge in [-0.05, 0) is 47.5 Å². The van der Waals surface area contributed by atoms with Crippen molar-refractivity contribution in [1.82, 2.24) is 5.32 Å². The van der Waals surface area contributed by atoms with E-state index < -0.39 is 22.2 Å². The molecular formula is C24H27N3O6S. The summed E-state index contributed by atoms with van der Waals surface area (Å²) in [4.78, 5) is 13.1. The Hall–Kier alpha value is -3.60. The van der Waals surface area contributed by atoms with E-state index in [1.807, 2.05) is 18.2 Å². The quantitative estimate of drug-likeness (QED) is 0.279. The van der Waals surface area contributed by atoms with Gasteiger partial charge in [-0.3, -0.25) is 14.8 Å². The van der Waals surface area contributed by atoms with Gasteiger partial charge in [0.15, 0.2) is 0 Å². The molecule has 9 nitrogen and oxygen atoms in total. The zero-order valence-electron chi connectivity index (χ0n) is 18.7. The predicted molar refractivity (Wildman–Crippen MR) is 130 cm³/mol. The summed E-state index contributed by atoms with van der Waals surface area (Å²) in [5.41, 5.74) is 1.59. The molecule has 0 aliphatic carbocycles. The summed E-state index contributed by atoms with van der Waals surface area (Å²) >= 11 is 0. The second kappa shape index (κ2) is 11.0. The number of amides is 1. The Balaban J connectivity index is 1.79. The number of methoxy groups -OCH3 is 1. The van der Waals surface area contributed by atoms with Gasteiger partial charge in [-0.1, -0.05) is 36.4 Å². The molecule has 0 radical (unpaired) electrons. The number of anilines is 2. The van der Waals surface area contributed by atoms with E-state index >= 15 is 0 Å². The van der Waals surface area contributed by atoms with Gasteiger partial charge >= 0.3 is 0 Å². The lowest BCUT2D eigenvalue weighted by atomic mass is 10.0. The number of nitrogens with one attached hydrogen (secondary N) is 3. The number of hydrogen-bond donors (Lipinski definition) is 5. The van der Waals surface area contributed by atoms with E-state index in [0.717, 1.165) is 6.26 Å². The van der Waals surface area contributed by atoms with Crippen LogP contribution in [0.4, 0.5) is 11.4 Å². The molecule has 0 heterocycles. The summed E-state index contributed by atoms with van der Waals surface area (Å²) in [5.74, 6) is 0.0439. The van der Waals surface area contributed by atoms with Crippen LogP contribution in [0, 0.1) is 0 Å². The van der Waals surface area contributed by atoms with E-state index in [1.54, 1.807) is 43.5 Å². The average Bonchev–Trinajstić information content (AvgIpc) is 2.80. The second-order valence-electron chi connectivity index (χ2n) is 7.64. The summed E-state index contributed by atoms with van der Waals surface area (Å²) in [6, 6.07) is 19.3. The largest absolute Gasteiger partial charge is 0.506 e. The first-order valence-electron chi connectivity index (χ1n) is 10.4. The molecule has 2 atom stereocenters. The van der Waals surface area contributed by atoms with Gasteiger partial charge in [-0.2, -0.15) is 0 Å². The minimum atomic E-state index is -3.62. The van der Waals surface area contributed by atoms with E-state index in [0.29, 0.717) is 22.6 Å². The Morgan fingerprint density at radius 2 is 1.65 bits per heavy atom. The number of hydrogen-bond acceptors (Lipinski definition) is 7. The number of ether oxygens (including phenoxy) is 1. The third-order valence-corrected chi connectivity index (χ3v) is 5.56. The van der Waals surface area contributed by atoms with E-state index in [9.17, 15) is 23.4 Å². The van der Waals surface area contributed by atoms with Crippen LogP contribution in [0.15, 0.2) is 72.8 Å². The van der Waals surface area contributed by atoms with E-state index in [2.05, 4.69) is 15.4 Å². The van der Waals surface area contributed by atoms with Crippen molar-refractivity contribution in [2.24, 2.45) is 0 Å².